The Hall–Kier alpha value is 0.423. The summed E-state index contributed by atoms with van der Waals surface area (Å²) in [4.78, 5) is 0. The summed E-state index contributed by atoms with van der Waals surface area (Å²) in [5.74, 6) is 5.58. The van der Waals surface area contributed by atoms with Crippen molar-refractivity contribution in [2.45, 2.75) is 33.9 Å². The quantitative estimate of drug-likeness (QED) is 0.474. The summed E-state index contributed by atoms with van der Waals surface area (Å²) < 4.78 is 2.20. The molecule has 1 heterocycles. The Labute approximate surface area is 170 Å². The molecule has 0 N–H and O–H groups in total. The maximum atomic E-state index is 2.64. The zero-order valence-electron chi connectivity index (χ0n) is 14.4. The van der Waals surface area contributed by atoms with E-state index >= 15 is 0 Å². The van der Waals surface area contributed by atoms with E-state index in [4.69, 9.17) is 0 Å². The summed E-state index contributed by atoms with van der Waals surface area (Å²) in [6.07, 6.45) is 22.5. The largest absolute Gasteiger partial charge is 1.00 e. The summed E-state index contributed by atoms with van der Waals surface area (Å²) in [6, 6.07) is 0. The molecule has 0 amide bonds. The molecule has 3 fully saturated rings. The first kappa shape index (κ1) is 19.2. The van der Waals surface area contributed by atoms with Crippen molar-refractivity contribution >= 4 is 0 Å². The van der Waals surface area contributed by atoms with Gasteiger partial charge in [-0.1, -0.05) is 0 Å². The molecule has 0 radical (unpaired) electrons. The predicted octanol–water partition coefficient (Wildman–Crippen LogP) is -0.550. The summed E-state index contributed by atoms with van der Waals surface area (Å²) in [6.45, 7) is 5.27. The Bertz CT molecular complexity index is 553. The van der Waals surface area contributed by atoms with Crippen molar-refractivity contribution in [1.29, 1.82) is 0 Å². The van der Waals surface area contributed by atoms with Gasteiger partial charge in [0.1, 0.15) is 0 Å². The van der Waals surface area contributed by atoms with E-state index in [0.29, 0.717) is 5.41 Å². The van der Waals surface area contributed by atoms with E-state index in [1.807, 2.05) is 0 Å². The molecule has 4 aliphatic carbocycles. The van der Waals surface area contributed by atoms with Gasteiger partial charge in [-0.2, -0.15) is 0 Å². The van der Waals surface area contributed by atoms with Crippen LogP contribution < -0.4 is 24.8 Å². The molecule has 24 heavy (non-hydrogen) atoms. The van der Waals surface area contributed by atoms with Crippen LogP contribution in [0.25, 0.3) is 0 Å². The van der Waals surface area contributed by atoms with Crippen LogP contribution in [0, 0.1) is 40.9 Å². The summed E-state index contributed by atoms with van der Waals surface area (Å²) in [5.41, 5.74) is 0.562. The second-order valence-corrected chi connectivity index (χ2v) is 12.8. The number of hydrogen-bond donors (Lipinski definition) is 0. The molecule has 2 saturated carbocycles. The molecule has 5 aliphatic rings. The number of halogens is 2. The van der Waals surface area contributed by atoms with Crippen LogP contribution in [0.5, 0.6) is 0 Å². The Morgan fingerprint density at radius 3 is 1.58 bits per heavy atom. The van der Waals surface area contributed by atoms with E-state index in [-0.39, 0.29) is 48.0 Å². The molecule has 0 nitrogen and oxygen atoms in total. The molecule has 0 spiro atoms. The topological polar surface area (TPSA) is 0 Å². The summed E-state index contributed by atoms with van der Waals surface area (Å²) in [5, 5.41) is 0. The van der Waals surface area contributed by atoms with Crippen molar-refractivity contribution in [1.82, 2.24) is 0 Å². The van der Waals surface area contributed by atoms with Crippen LogP contribution in [-0.2, 0) is 23.2 Å². The smallest absolute Gasteiger partial charge is 1.00 e. The molecule has 3 heteroatoms. The van der Waals surface area contributed by atoms with Gasteiger partial charge in [0.15, 0.2) is 0 Å². The fourth-order valence-electron chi connectivity index (χ4n) is 6.49. The Morgan fingerprint density at radius 2 is 1.12 bits per heavy atom. The second kappa shape index (κ2) is 6.86. The molecule has 0 aromatic carbocycles. The van der Waals surface area contributed by atoms with Crippen molar-refractivity contribution in [2.75, 3.05) is 0 Å². The van der Waals surface area contributed by atoms with Gasteiger partial charge in [-0.05, 0) is 0 Å². The van der Waals surface area contributed by atoms with Gasteiger partial charge in [-0.25, -0.2) is 0 Å². The molecule has 0 bridgehead atoms. The zero-order chi connectivity index (χ0) is 14.9. The SMILES string of the molecule is CC1(C)C2CC3C=CC=CC3[CH]2[Zr+2][CH]2C3C=CC=CC3CC21.[Cl-].[Cl-]. The number of rotatable bonds is 0. The Morgan fingerprint density at radius 1 is 0.708 bits per heavy atom. The van der Waals surface area contributed by atoms with Gasteiger partial charge in [0.25, 0.3) is 0 Å². The van der Waals surface area contributed by atoms with E-state index in [1.54, 1.807) is 0 Å². The Balaban J connectivity index is 0.000000845. The van der Waals surface area contributed by atoms with Crippen molar-refractivity contribution in [2.24, 2.45) is 40.9 Å². The van der Waals surface area contributed by atoms with Crippen LogP contribution in [-0.4, -0.2) is 0 Å². The van der Waals surface area contributed by atoms with Gasteiger partial charge in [0.2, 0.25) is 0 Å². The van der Waals surface area contributed by atoms with Crippen molar-refractivity contribution in [3.63, 3.8) is 0 Å². The van der Waals surface area contributed by atoms with Gasteiger partial charge in [0.05, 0.1) is 0 Å². The fourth-order valence-corrected chi connectivity index (χ4v) is 14.4. The average molecular weight is 441 g/mol. The van der Waals surface area contributed by atoms with E-state index < -0.39 is 0 Å². The Kier molecular flexibility index (Phi) is 5.49. The third-order valence-corrected chi connectivity index (χ3v) is 13.4. The van der Waals surface area contributed by atoms with E-state index in [1.165, 1.54) is 12.8 Å². The molecule has 8 atom stereocenters. The maximum Gasteiger partial charge on any atom is -1.00 e. The number of fused-ring (bicyclic) bond motifs is 6. The normalized spacial score (nSPS) is 47.9. The molecular formula is C21H26Cl2Zr. The number of allylic oxidation sites excluding steroid dienone is 8. The van der Waals surface area contributed by atoms with E-state index in [9.17, 15) is 0 Å². The van der Waals surface area contributed by atoms with Crippen LogP contribution in [0.15, 0.2) is 48.6 Å². The molecule has 8 unspecified atom stereocenters. The van der Waals surface area contributed by atoms with Crippen LogP contribution >= 0.6 is 0 Å². The molecule has 5 rings (SSSR count). The zero-order valence-corrected chi connectivity index (χ0v) is 18.4. The van der Waals surface area contributed by atoms with Crippen molar-refractivity contribution in [3.8, 4) is 0 Å². The molecule has 1 saturated heterocycles. The second-order valence-electron chi connectivity index (χ2n) is 8.75. The summed E-state index contributed by atoms with van der Waals surface area (Å²) in [7, 11) is 0. The number of hydrogen-bond acceptors (Lipinski definition) is 0. The molecule has 1 aliphatic heterocycles. The third kappa shape index (κ3) is 2.64. The van der Waals surface area contributed by atoms with Crippen LogP contribution in [0.1, 0.15) is 26.7 Å². The standard InChI is InChI=1S/C21H26.2ClH.Zr/c1-21(2,19-11-15-7-3-4-8-16(15)12-19)20-13-17-9-5-6-10-18(17)14-20;;;/h3-11,13,15-20H,12,14H2,1-2H3;2*1H;/q;;;+2/p-2. The predicted molar refractivity (Wildman–Crippen MR) is 88.0 cm³/mol. The molecule has 0 aromatic rings. The monoisotopic (exact) mass is 438 g/mol. The van der Waals surface area contributed by atoms with Gasteiger partial charge in [-0.15, -0.1) is 0 Å². The average Bonchev–Trinajstić information content (AvgIpc) is 3.08. The van der Waals surface area contributed by atoms with Crippen molar-refractivity contribution < 1.29 is 48.0 Å². The van der Waals surface area contributed by atoms with Crippen LogP contribution in [0.2, 0.25) is 7.25 Å². The van der Waals surface area contributed by atoms with Gasteiger partial charge in [0, 0.05) is 0 Å². The van der Waals surface area contributed by atoms with Crippen molar-refractivity contribution in [3.05, 3.63) is 48.6 Å². The van der Waals surface area contributed by atoms with Gasteiger partial charge < -0.3 is 24.8 Å². The van der Waals surface area contributed by atoms with Crippen LogP contribution in [0.3, 0.4) is 0 Å². The summed E-state index contributed by atoms with van der Waals surface area (Å²) >= 11 is -0.337. The first-order valence-electron chi connectivity index (χ1n) is 9.12. The third-order valence-electron chi connectivity index (χ3n) is 7.64. The first-order valence-corrected chi connectivity index (χ1v) is 12.0. The van der Waals surface area contributed by atoms with Gasteiger partial charge in [-0.3, -0.25) is 0 Å². The maximum absolute atomic E-state index is 2.64. The minimum atomic E-state index is -0.337. The molecular weight excluding hydrogens is 414 g/mol. The van der Waals surface area contributed by atoms with E-state index in [2.05, 4.69) is 62.5 Å². The minimum Gasteiger partial charge on any atom is -1.00 e. The molecule has 128 valence electrons. The first-order chi connectivity index (χ1) is 10.7. The fraction of sp³-hybridized carbons (Fsp3) is 0.619. The minimum absolute atomic E-state index is 0. The van der Waals surface area contributed by atoms with E-state index in [0.717, 1.165) is 42.8 Å². The molecule has 0 aromatic heterocycles. The van der Waals surface area contributed by atoms with Crippen LogP contribution in [0.4, 0.5) is 0 Å². The van der Waals surface area contributed by atoms with Gasteiger partial charge >= 0.3 is 147 Å².